The van der Waals surface area contributed by atoms with Gasteiger partial charge in [-0.3, -0.25) is 10.1 Å². The molecule has 6 heteroatoms. The first-order valence-electron chi connectivity index (χ1n) is 6.47. The molecular weight excluding hydrogens is 266 g/mol. The average Bonchev–Trinajstić information content (AvgIpc) is 2.66. The van der Waals surface area contributed by atoms with Crippen molar-refractivity contribution in [3.63, 3.8) is 0 Å². The summed E-state index contributed by atoms with van der Waals surface area (Å²) in [5.74, 6) is 0. The summed E-state index contributed by atoms with van der Waals surface area (Å²) in [5, 5.41) is 15.0. The summed E-state index contributed by atoms with van der Waals surface area (Å²) in [5.41, 5.74) is 0.716. The molecule has 0 amide bonds. The molecule has 0 spiro atoms. The third-order valence-electron chi connectivity index (χ3n) is 3.61. The van der Waals surface area contributed by atoms with Gasteiger partial charge in [-0.15, -0.1) is 0 Å². The van der Waals surface area contributed by atoms with Gasteiger partial charge in [-0.2, -0.15) is 0 Å². The van der Waals surface area contributed by atoms with Gasteiger partial charge in [0.05, 0.1) is 4.92 Å². The zero-order chi connectivity index (χ0) is 13.8. The van der Waals surface area contributed by atoms with Gasteiger partial charge in [0.2, 0.25) is 0 Å². The fourth-order valence-corrected chi connectivity index (χ4v) is 2.68. The van der Waals surface area contributed by atoms with E-state index in [0.29, 0.717) is 16.8 Å². The summed E-state index contributed by atoms with van der Waals surface area (Å²) in [7, 11) is 1.91. The lowest BCUT2D eigenvalue weighted by atomic mass is 10.1. The number of nitro benzene ring substituents is 1. The third kappa shape index (κ3) is 3.36. The van der Waals surface area contributed by atoms with Gasteiger partial charge >= 0.3 is 0 Å². The molecular formula is C13H18ClN3O2. The number of benzene rings is 1. The summed E-state index contributed by atoms with van der Waals surface area (Å²) in [6.07, 6.45) is 3.11. The highest BCUT2D eigenvalue weighted by atomic mass is 35.5. The van der Waals surface area contributed by atoms with Crippen molar-refractivity contribution >= 4 is 23.0 Å². The molecule has 0 bridgehead atoms. The molecule has 5 nitrogen and oxygen atoms in total. The molecule has 1 fully saturated rings. The molecule has 1 aromatic rings. The second kappa shape index (κ2) is 6.21. The van der Waals surface area contributed by atoms with E-state index in [2.05, 4.69) is 5.32 Å². The fraction of sp³-hybridized carbons (Fsp3) is 0.538. The van der Waals surface area contributed by atoms with Crippen LogP contribution in [-0.2, 0) is 0 Å². The lowest BCUT2D eigenvalue weighted by molar-refractivity contribution is -0.384. The van der Waals surface area contributed by atoms with Crippen LogP contribution in [0.2, 0.25) is 5.02 Å². The van der Waals surface area contributed by atoms with Gasteiger partial charge in [0, 0.05) is 24.2 Å². The highest BCUT2D eigenvalue weighted by Crippen LogP contribution is 2.32. The van der Waals surface area contributed by atoms with Crippen molar-refractivity contribution in [1.82, 2.24) is 5.32 Å². The van der Waals surface area contributed by atoms with Gasteiger partial charge in [-0.05, 0) is 44.5 Å². The molecule has 19 heavy (non-hydrogen) atoms. The van der Waals surface area contributed by atoms with E-state index < -0.39 is 0 Å². The largest absolute Gasteiger partial charge is 0.366 e. The summed E-state index contributed by atoms with van der Waals surface area (Å²) < 4.78 is 0. The minimum atomic E-state index is -0.350. The van der Waals surface area contributed by atoms with Crippen LogP contribution in [-0.4, -0.2) is 31.1 Å². The SMILES string of the molecule is CN(c1cc(Cl)ccc1[N+](=O)[O-])C1CCCNCC1. The fourth-order valence-electron chi connectivity index (χ4n) is 2.52. The quantitative estimate of drug-likeness (QED) is 0.684. The van der Waals surface area contributed by atoms with Gasteiger partial charge < -0.3 is 10.2 Å². The maximum atomic E-state index is 11.1. The Hall–Kier alpha value is -1.33. The van der Waals surface area contributed by atoms with Crippen LogP contribution in [0, 0.1) is 10.1 Å². The molecule has 0 aromatic heterocycles. The van der Waals surface area contributed by atoms with E-state index in [1.165, 1.54) is 6.07 Å². The number of nitrogens with zero attached hydrogens (tertiary/aromatic N) is 2. The molecule has 0 radical (unpaired) electrons. The molecule has 0 saturated carbocycles. The van der Waals surface area contributed by atoms with Crippen molar-refractivity contribution < 1.29 is 4.92 Å². The van der Waals surface area contributed by atoms with E-state index in [4.69, 9.17) is 11.6 Å². The Morgan fingerprint density at radius 1 is 1.42 bits per heavy atom. The standard InChI is InChI=1S/C13H18ClN3O2/c1-16(11-3-2-7-15-8-6-11)13-9-10(14)4-5-12(13)17(18)19/h4-5,9,11,15H,2-3,6-8H2,1H3. The average molecular weight is 284 g/mol. The Morgan fingerprint density at radius 2 is 2.21 bits per heavy atom. The molecule has 1 N–H and O–H groups in total. The van der Waals surface area contributed by atoms with Crippen LogP contribution in [0.3, 0.4) is 0 Å². The number of halogens is 1. The maximum absolute atomic E-state index is 11.1. The Morgan fingerprint density at radius 3 is 2.95 bits per heavy atom. The smallest absolute Gasteiger partial charge is 0.292 e. The Kier molecular flexibility index (Phi) is 4.61. The van der Waals surface area contributed by atoms with Crippen LogP contribution in [0.1, 0.15) is 19.3 Å². The first kappa shape index (κ1) is 14.1. The number of anilines is 1. The summed E-state index contributed by atoms with van der Waals surface area (Å²) in [4.78, 5) is 12.8. The van der Waals surface area contributed by atoms with Crippen LogP contribution in [0.4, 0.5) is 11.4 Å². The van der Waals surface area contributed by atoms with Crippen molar-refractivity contribution in [2.45, 2.75) is 25.3 Å². The van der Waals surface area contributed by atoms with Gasteiger partial charge in [-0.1, -0.05) is 11.6 Å². The number of rotatable bonds is 3. The molecule has 1 aromatic carbocycles. The molecule has 0 aliphatic carbocycles. The van der Waals surface area contributed by atoms with Crippen molar-refractivity contribution in [1.29, 1.82) is 0 Å². The number of hydrogen-bond donors (Lipinski definition) is 1. The van der Waals surface area contributed by atoms with Gasteiger partial charge in [0.15, 0.2) is 0 Å². The van der Waals surface area contributed by atoms with Crippen molar-refractivity contribution in [3.05, 3.63) is 33.3 Å². The highest BCUT2D eigenvalue weighted by Gasteiger charge is 2.23. The van der Waals surface area contributed by atoms with Crippen LogP contribution in [0.15, 0.2) is 18.2 Å². The zero-order valence-electron chi connectivity index (χ0n) is 10.9. The lowest BCUT2D eigenvalue weighted by Gasteiger charge is -2.28. The minimum Gasteiger partial charge on any atom is -0.366 e. The van der Waals surface area contributed by atoms with E-state index >= 15 is 0 Å². The Bertz CT molecular complexity index is 459. The minimum absolute atomic E-state index is 0.115. The molecule has 1 saturated heterocycles. The first-order chi connectivity index (χ1) is 9.09. The Labute approximate surface area is 117 Å². The number of nitrogens with one attached hydrogen (secondary N) is 1. The summed E-state index contributed by atoms with van der Waals surface area (Å²) in [6, 6.07) is 5.03. The molecule has 2 rings (SSSR count). The van der Waals surface area contributed by atoms with Crippen molar-refractivity contribution in [2.24, 2.45) is 0 Å². The van der Waals surface area contributed by atoms with E-state index in [1.54, 1.807) is 12.1 Å². The predicted octanol–water partition coefficient (Wildman–Crippen LogP) is 2.83. The zero-order valence-corrected chi connectivity index (χ0v) is 11.7. The third-order valence-corrected chi connectivity index (χ3v) is 3.84. The van der Waals surface area contributed by atoms with Crippen LogP contribution in [0.25, 0.3) is 0 Å². The summed E-state index contributed by atoms with van der Waals surface area (Å²) in [6.45, 7) is 1.96. The van der Waals surface area contributed by atoms with Crippen molar-refractivity contribution in [2.75, 3.05) is 25.0 Å². The molecule has 1 unspecified atom stereocenters. The van der Waals surface area contributed by atoms with Gasteiger partial charge in [-0.25, -0.2) is 0 Å². The van der Waals surface area contributed by atoms with Gasteiger partial charge in [0.25, 0.3) is 5.69 Å². The second-order valence-corrected chi connectivity index (χ2v) is 5.27. The Balaban J connectivity index is 2.28. The topological polar surface area (TPSA) is 58.4 Å². The van der Waals surface area contributed by atoms with E-state index in [9.17, 15) is 10.1 Å². The van der Waals surface area contributed by atoms with Gasteiger partial charge in [0.1, 0.15) is 5.69 Å². The molecule has 1 atom stereocenters. The predicted molar refractivity (Wildman–Crippen MR) is 77.0 cm³/mol. The number of hydrogen-bond acceptors (Lipinski definition) is 4. The van der Waals surface area contributed by atoms with Crippen molar-refractivity contribution in [3.8, 4) is 0 Å². The van der Waals surface area contributed by atoms with Crippen LogP contribution < -0.4 is 10.2 Å². The van der Waals surface area contributed by atoms with E-state index in [0.717, 1.165) is 32.4 Å². The van der Waals surface area contributed by atoms with Crippen LogP contribution in [0.5, 0.6) is 0 Å². The molecule has 1 aliphatic heterocycles. The molecule has 1 aliphatic rings. The molecule has 1 heterocycles. The maximum Gasteiger partial charge on any atom is 0.292 e. The van der Waals surface area contributed by atoms with E-state index in [1.807, 2.05) is 11.9 Å². The monoisotopic (exact) mass is 283 g/mol. The molecule has 104 valence electrons. The summed E-state index contributed by atoms with van der Waals surface area (Å²) >= 11 is 5.98. The van der Waals surface area contributed by atoms with Crippen LogP contribution >= 0.6 is 11.6 Å². The highest BCUT2D eigenvalue weighted by molar-refractivity contribution is 6.31. The second-order valence-electron chi connectivity index (χ2n) is 4.84. The number of nitro groups is 1. The normalized spacial score (nSPS) is 19.8. The van der Waals surface area contributed by atoms with E-state index in [-0.39, 0.29) is 10.6 Å². The first-order valence-corrected chi connectivity index (χ1v) is 6.85. The lowest BCUT2D eigenvalue weighted by Crippen LogP contribution is -2.32.